The van der Waals surface area contributed by atoms with E-state index < -0.39 is 0 Å². The minimum absolute atomic E-state index is 0.574. The first kappa shape index (κ1) is 11.2. The summed E-state index contributed by atoms with van der Waals surface area (Å²) in [5.41, 5.74) is 0.574. The molecule has 1 aliphatic carbocycles. The number of hydrogen-bond donors (Lipinski definition) is 1. The van der Waals surface area contributed by atoms with Crippen LogP contribution in [0.2, 0.25) is 0 Å². The van der Waals surface area contributed by atoms with Gasteiger partial charge in [0.25, 0.3) is 0 Å². The van der Waals surface area contributed by atoms with Crippen LogP contribution in [0.25, 0.3) is 0 Å². The van der Waals surface area contributed by atoms with Crippen molar-refractivity contribution in [1.82, 2.24) is 5.32 Å². The van der Waals surface area contributed by atoms with Crippen LogP contribution in [0.5, 0.6) is 0 Å². The van der Waals surface area contributed by atoms with Gasteiger partial charge in [0.2, 0.25) is 0 Å². The van der Waals surface area contributed by atoms with Crippen LogP contribution in [0.4, 0.5) is 0 Å². The van der Waals surface area contributed by atoms with E-state index in [0.29, 0.717) is 11.5 Å². The van der Waals surface area contributed by atoms with Crippen LogP contribution >= 0.6 is 11.3 Å². The Morgan fingerprint density at radius 3 is 2.80 bits per heavy atom. The molecule has 0 aliphatic heterocycles. The molecule has 1 saturated carbocycles. The molecule has 1 aliphatic rings. The summed E-state index contributed by atoms with van der Waals surface area (Å²) in [4.78, 5) is 1.52. The first-order valence-corrected chi connectivity index (χ1v) is 6.77. The Labute approximate surface area is 96.9 Å². The zero-order valence-electron chi connectivity index (χ0n) is 9.92. The molecule has 1 fully saturated rings. The predicted molar refractivity (Wildman–Crippen MR) is 67.4 cm³/mol. The van der Waals surface area contributed by atoms with Gasteiger partial charge in [-0.3, -0.25) is 0 Å². The van der Waals surface area contributed by atoms with Crippen LogP contribution in [0.15, 0.2) is 17.5 Å². The zero-order chi connectivity index (χ0) is 10.9. The van der Waals surface area contributed by atoms with E-state index in [1.807, 2.05) is 11.3 Å². The number of nitrogens with one attached hydrogen (secondary N) is 1. The van der Waals surface area contributed by atoms with Gasteiger partial charge in [-0.05, 0) is 42.2 Å². The fraction of sp³-hybridized carbons (Fsp3) is 0.692. The van der Waals surface area contributed by atoms with Crippen LogP contribution in [-0.4, -0.2) is 12.6 Å². The Bertz CT molecular complexity index is 302. The zero-order valence-corrected chi connectivity index (χ0v) is 10.7. The molecule has 1 heterocycles. The minimum Gasteiger partial charge on any atom is -0.314 e. The van der Waals surface area contributed by atoms with Gasteiger partial charge < -0.3 is 5.32 Å². The van der Waals surface area contributed by atoms with Gasteiger partial charge in [-0.2, -0.15) is 0 Å². The Hall–Kier alpha value is -0.340. The molecular weight excluding hydrogens is 202 g/mol. The van der Waals surface area contributed by atoms with Crippen LogP contribution in [-0.2, 0) is 6.42 Å². The van der Waals surface area contributed by atoms with Crippen molar-refractivity contribution in [3.05, 3.63) is 22.4 Å². The standard InChI is InChI=1S/C13H21NS/c1-4-14-12(11-9-13(11,2)3)8-10-6-5-7-15-10/h5-7,11-12,14H,4,8-9H2,1-3H3. The highest BCUT2D eigenvalue weighted by molar-refractivity contribution is 7.09. The monoisotopic (exact) mass is 223 g/mol. The highest BCUT2D eigenvalue weighted by atomic mass is 32.1. The summed E-state index contributed by atoms with van der Waals surface area (Å²) in [6, 6.07) is 5.09. The molecule has 1 aromatic heterocycles. The molecule has 2 unspecified atom stereocenters. The van der Waals surface area contributed by atoms with Crippen molar-refractivity contribution in [2.45, 2.75) is 39.7 Å². The summed E-state index contributed by atoms with van der Waals surface area (Å²) in [5.74, 6) is 0.875. The van der Waals surface area contributed by atoms with E-state index in [-0.39, 0.29) is 0 Å². The van der Waals surface area contributed by atoms with Gasteiger partial charge in [-0.1, -0.05) is 26.8 Å². The van der Waals surface area contributed by atoms with E-state index in [2.05, 4.69) is 43.6 Å². The molecule has 84 valence electrons. The maximum absolute atomic E-state index is 3.65. The highest BCUT2D eigenvalue weighted by Crippen LogP contribution is 2.54. The highest BCUT2D eigenvalue weighted by Gasteiger charge is 2.49. The molecule has 2 heteroatoms. The van der Waals surface area contributed by atoms with Crippen LogP contribution in [0.3, 0.4) is 0 Å². The average Bonchev–Trinajstić information content (AvgIpc) is 2.65. The van der Waals surface area contributed by atoms with Gasteiger partial charge in [0, 0.05) is 10.9 Å². The van der Waals surface area contributed by atoms with Crippen molar-refractivity contribution >= 4 is 11.3 Å². The smallest absolute Gasteiger partial charge is 0.0149 e. The summed E-state index contributed by atoms with van der Waals surface area (Å²) in [5, 5.41) is 5.82. The largest absolute Gasteiger partial charge is 0.314 e. The second-order valence-corrected chi connectivity index (χ2v) is 6.28. The number of thiophene rings is 1. The third-order valence-electron chi connectivity index (χ3n) is 3.54. The summed E-state index contributed by atoms with van der Waals surface area (Å²) in [6.45, 7) is 8.06. The molecule has 1 nitrogen and oxygen atoms in total. The second-order valence-electron chi connectivity index (χ2n) is 5.25. The third-order valence-corrected chi connectivity index (χ3v) is 4.44. The van der Waals surface area contributed by atoms with Crippen molar-refractivity contribution < 1.29 is 0 Å². The molecule has 0 radical (unpaired) electrons. The van der Waals surface area contributed by atoms with E-state index >= 15 is 0 Å². The lowest BCUT2D eigenvalue weighted by molar-refractivity contribution is 0.411. The van der Waals surface area contributed by atoms with E-state index in [1.54, 1.807) is 0 Å². The lowest BCUT2D eigenvalue weighted by Gasteiger charge is -2.18. The number of hydrogen-bond acceptors (Lipinski definition) is 2. The van der Waals surface area contributed by atoms with Crippen LogP contribution in [0.1, 0.15) is 32.1 Å². The van der Waals surface area contributed by atoms with Gasteiger partial charge in [0.1, 0.15) is 0 Å². The van der Waals surface area contributed by atoms with Crippen molar-refractivity contribution in [3.63, 3.8) is 0 Å². The van der Waals surface area contributed by atoms with Gasteiger partial charge >= 0.3 is 0 Å². The molecule has 15 heavy (non-hydrogen) atoms. The normalized spacial score (nSPS) is 25.1. The molecular formula is C13H21NS. The summed E-state index contributed by atoms with van der Waals surface area (Å²) < 4.78 is 0. The van der Waals surface area contributed by atoms with Crippen molar-refractivity contribution in [3.8, 4) is 0 Å². The van der Waals surface area contributed by atoms with Gasteiger partial charge in [0.15, 0.2) is 0 Å². The first-order valence-electron chi connectivity index (χ1n) is 5.89. The Morgan fingerprint density at radius 2 is 2.33 bits per heavy atom. The topological polar surface area (TPSA) is 12.0 Å². The van der Waals surface area contributed by atoms with E-state index in [0.717, 1.165) is 12.5 Å². The second kappa shape index (κ2) is 4.26. The number of rotatable bonds is 5. The van der Waals surface area contributed by atoms with Crippen LogP contribution < -0.4 is 5.32 Å². The molecule has 2 atom stereocenters. The fourth-order valence-corrected chi connectivity index (χ4v) is 3.22. The molecule has 2 rings (SSSR count). The molecule has 0 amide bonds. The average molecular weight is 223 g/mol. The maximum Gasteiger partial charge on any atom is 0.0149 e. The van der Waals surface area contributed by atoms with Gasteiger partial charge in [-0.15, -0.1) is 11.3 Å². The molecule has 1 aromatic rings. The summed E-state index contributed by atoms with van der Waals surface area (Å²) in [6.07, 6.45) is 2.59. The Balaban J connectivity index is 1.96. The van der Waals surface area contributed by atoms with Crippen LogP contribution in [0, 0.1) is 11.3 Å². The lowest BCUT2D eigenvalue weighted by Crippen LogP contribution is -2.34. The SMILES string of the molecule is CCNC(Cc1cccs1)C1CC1(C)C. The van der Waals surface area contributed by atoms with Crippen molar-refractivity contribution in [2.24, 2.45) is 11.3 Å². The predicted octanol–water partition coefficient (Wildman–Crippen LogP) is 3.31. The van der Waals surface area contributed by atoms with Crippen molar-refractivity contribution in [2.75, 3.05) is 6.54 Å². The van der Waals surface area contributed by atoms with Gasteiger partial charge in [0.05, 0.1) is 0 Å². The Morgan fingerprint density at radius 1 is 1.60 bits per heavy atom. The molecule has 1 N–H and O–H groups in total. The van der Waals surface area contributed by atoms with E-state index in [9.17, 15) is 0 Å². The summed E-state index contributed by atoms with van der Waals surface area (Å²) in [7, 11) is 0. The molecule has 0 spiro atoms. The fourth-order valence-electron chi connectivity index (χ4n) is 2.46. The Kier molecular flexibility index (Phi) is 3.17. The lowest BCUT2D eigenvalue weighted by atomic mass is 10.0. The van der Waals surface area contributed by atoms with E-state index in [4.69, 9.17) is 0 Å². The molecule has 0 aromatic carbocycles. The minimum atomic E-state index is 0.574. The summed E-state index contributed by atoms with van der Waals surface area (Å²) >= 11 is 1.88. The molecule has 0 bridgehead atoms. The first-order chi connectivity index (χ1) is 7.13. The van der Waals surface area contributed by atoms with Gasteiger partial charge in [-0.25, -0.2) is 0 Å². The molecule has 0 saturated heterocycles. The maximum atomic E-state index is 3.65. The number of likely N-dealkylation sites (N-methyl/N-ethyl adjacent to an activating group) is 1. The quantitative estimate of drug-likeness (QED) is 0.807. The van der Waals surface area contributed by atoms with E-state index in [1.165, 1.54) is 17.7 Å². The third kappa shape index (κ3) is 2.61. The van der Waals surface area contributed by atoms with Crippen molar-refractivity contribution in [1.29, 1.82) is 0 Å².